The summed E-state index contributed by atoms with van der Waals surface area (Å²) in [7, 11) is 0. The SMILES string of the molecule is CC(C)(C)N1CC(C(=O)O)C(c2ccc(F)cc2)C1.Cl. The lowest BCUT2D eigenvalue weighted by Gasteiger charge is -2.31. The fraction of sp³-hybridized carbons (Fsp3) is 0.533. The van der Waals surface area contributed by atoms with Gasteiger partial charge in [0.1, 0.15) is 5.82 Å². The van der Waals surface area contributed by atoms with Gasteiger partial charge in [-0.1, -0.05) is 12.1 Å². The molecule has 0 spiro atoms. The molecule has 112 valence electrons. The van der Waals surface area contributed by atoms with Crippen LogP contribution < -0.4 is 0 Å². The van der Waals surface area contributed by atoms with Gasteiger partial charge in [-0.2, -0.15) is 0 Å². The number of hydrogen-bond acceptors (Lipinski definition) is 2. The Labute approximate surface area is 125 Å². The summed E-state index contributed by atoms with van der Waals surface area (Å²) < 4.78 is 13.0. The molecule has 0 radical (unpaired) electrons. The van der Waals surface area contributed by atoms with Gasteiger partial charge in [0.05, 0.1) is 5.92 Å². The predicted molar refractivity (Wildman–Crippen MR) is 78.8 cm³/mol. The summed E-state index contributed by atoms with van der Waals surface area (Å²) in [4.78, 5) is 13.6. The zero-order chi connectivity index (χ0) is 14.2. The van der Waals surface area contributed by atoms with E-state index in [4.69, 9.17) is 0 Å². The first-order valence-corrected chi connectivity index (χ1v) is 6.52. The molecule has 2 atom stereocenters. The molecule has 3 nitrogen and oxygen atoms in total. The van der Waals surface area contributed by atoms with Gasteiger partial charge in [-0.05, 0) is 38.5 Å². The number of carbonyl (C=O) groups is 1. The number of carboxylic acid groups (broad SMARTS) is 1. The molecule has 1 heterocycles. The Bertz CT molecular complexity index is 470. The minimum atomic E-state index is -0.777. The average Bonchev–Trinajstić information content (AvgIpc) is 2.74. The van der Waals surface area contributed by atoms with Gasteiger partial charge in [0, 0.05) is 24.5 Å². The largest absolute Gasteiger partial charge is 0.481 e. The number of likely N-dealkylation sites (tertiary alicyclic amines) is 1. The Kier molecular flexibility index (Phi) is 5.16. The molecular weight excluding hydrogens is 281 g/mol. The van der Waals surface area contributed by atoms with E-state index < -0.39 is 11.9 Å². The summed E-state index contributed by atoms with van der Waals surface area (Å²) in [5, 5.41) is 9.38. The quantitative estimate of drug-likeness (QED) is 0.912. The first-order valence-electron chi connectivity index (χ1n) is 6.52. The average molecular weight is 302 g/mol. The van der Waals surface area contributed by atoms with E-state index in [0.29, 0.717) is 13.1 Å². The van der Waals surface area contributed by atoms with Gasteiger partial charge >= 0.3 is 5.97 Å². The van der Waals surface area contributed by atoms with E-state index in [1.807, 2.05) is 0 Å². The van der Waals surface area contributed by atoms with Crippen LogP contribution in [0, 0.1) is 11.7 Å². The zero-order valence-electron chi connectivity index (χ0n) is 12.0. The van der Waals surface area contributed by atoms with E-state index in [-0.39, 0.29) is 29.7 Å². The molecule has 0 amide bonds. The minimum Gasteiger partial charge on any atom is -0.481 e. The smallest absolute Gasteiger partial charge is 0.308 e. The molecule has 0 bridgehead atoms. The Hall–Kier alpha value is -1.13. The Morgan fingerprint density at radius 1 is 1.25 bits per heavy atom. The van der Waals surface area contributed by atoms with E-state index >= 15 is 0 Å². The van der Waals surface area contributed by atoms with Crippen LogP contribution in [0.15, 0.2) is 24.3 Å². The second-order valence-electron chi connectivity index (χ2n) is 6.18. The van der Waals surface area contributed by atoms with Crippen LogP contribution >= 0.6 is 12.4 Å². The van der Waals surface area contributed by atoms with Crippen molar-refractivity contribution in [2.75, 3.05) is 13.1 Å². The van der Waals surface area contributed by atoms with Gasteiger partial charge < -0.3 is 5.11 Å². The van der Waals surface area contributed by atoms with Crippen LogP contribution in [0.5, 0.6) is 0 Å². The van der Waals surface area contributed by atoms with Crippen molar-refractivity contribution in [3.05, 3.63) is 35.6 Å². The standard InChI is InChI=1S/C15H20FNO2.ClH/c1-15(2,3)17-8-12(13(9-17)14(18)19)10-4-6-11(16)7-5-10;/h4-7,12-13H,8-9H2,1-3H3,(H,18,19);1H. The topological polar surface area (TPSA) is 40.5 Å². The summed E-state index contributed by atoms with van der Waals surface area (Å²) >= 11 is 0. The Balaban J connectivity index is 0.00000200. The fourth-order valence-electron chi connectivity index (χ4n) is 2.65. The Morgan fingerprint density at radius 3 is 2.25 bits per heavy atom. The van der Waals surface area contributed by atoms with Crippen molar-refractivity contribution in [2.24, 2.45) is 5.92 Å². The molecule has 0 saturated carbocycles. The third-order valence-electron chi connectivity index (χ3n) is 3.88. The highest BCUT2D eigenvalue weighted by Crippen LogP contribution is 2.36. The van der Waals surface area contributed by atoms with Crippen molar-refractivity contribution in [3.63, 3.8) is 0 Å². The third-order valence-corrected chi connectivity index (χ3v) is 3.88. The van der Waals surface area contributed by atoms with Crippen molar-refractivity contribution in [3.8, 4) is 0 Å². The van der Waals surface area contributed by atoms with Crippen molar-refractivity contribution in [2.45, 2.75) is 32.2 Å². The van der Waals surface area contributed by atoms with Crippen molar-refractivity contribution in [1.82, 2.24) is 4.90 Å². The van der Waals surface area contributed by atoms with E-state index in [1.165, 1.54) is 12.1 Å². The van der Waals surface area contributed by atoms with Crippen LogP contribution in [0.3, 0.4) is 0 Å². The minimum absolute atomic E-state index is 0. The molecule has 0 aromatic heterocycles. The second-order valence-corrected chi connectivity index (χ2v) is 6.18. The van der Waals surface area contributed by atoms with Crippen LogP contribution in [0.25, 0.3) is 0 Å². The molecular formula is C15H21ClFNO2. The molecule has 20 heavy (non-hydrogen) atoms. The van der Waals surface area contributed by atoms with Crippen molar-refractivity contribution < 1.29 is 14.3 Å². The van der Waals surface area contributed by atoms with E-state index in [0.717, 1.165) is 5.56 Å². The highest BCUT2D eigenvalue weighted by atomic mass is 35.5. The zero-order valence-corrected chi connectivity index (χ0v) is 12.8. The highest BCUT2D eigenvalue weighted by Gasteiger charge is 2.41. The molecule has 1 aromatic carbocycles. The number of benzene rings is 1. The normalized spacial score (nSPS) is 23.4. The predicted octanol–water partition coefficient (Wildman–Crippen LogP) is 3.15. The lowest BCUT2D eigenvalue weighted by molar-refractivity contribution is -0.141. The Morgan fingerprint density at radius 2 is 1.80 bits per heavy atom. The van der Waals surface area contributed by atoms with Crippen LogP contribution in [0.2, 0.25) is 0 Å². The monoisotopic (exact) mass is 301 g/mol. The summed E-state index contributed by atoms with van der Waals surface area (Å²) in [5.74, 6) is -1.57. The third kappa shape index (κ3) is 3.49. The maximum atomic E-state index is 13.0. The van der Waals surface area contributed by atoms with E-state index in [1.54, 1.807) is 12.1 Å². The highest BCUT2D eigenvalue weighted by molar-refractivity contribution is 5.85. The number of hydrogen-bond donors (Lipinski definition) is 1. The number of nitrogens with zero attached hydrogens (tertiary/aromatic N) is 1. The summed E-state index contributed by atoms with van der Waals surface area (Å²) in [5.41, 5.74) is 0.850. The fourth-order valence-corrected chi connectivity index (χ4v) is 2.65. The van der Waals surface area contributed by atoms with Crippen LogP contribution in [0.1, 0.15) is 32.3 Å². The van der Waals surface area contributed by atoms with Crippen LogP contribution in [-0.2, 0) is 4.79 Å². The van der Waals surface area contributed by atoms with Crippen LogP contribution in [-0.4, -0.2) is 34.6 Å². The number of rotatable bonds is 2. The number of carboxylic acids is 1. The maximum absolute atomic E-state index is 13.0. The van der Waals surface area contributed by atoms with Crippen LogP contribution in [0.4, 0.5) is 4.39 Å². The molecule has 1 aliphatic heterocycles. The first kappa shape index (κ1) is 16.9. The van der Waals surface area contributed by atoms with Gasteiger partial charge in [0.15, 0.2) is 0 Å². The summed E-state index contributed by atoms with van der Waals surface area (Å²) in [6.07, 6.45) is 0. The molecule has 1 aromatic rings. The van der Waals surface area contributed by atoms with Gasteiger partial charge in [-0.15, -0.1) is 12.4 Å². The molecule has 1 aliphatic rings. The molecule has 1 saturated heterocycles. The van der Waals surface area contributed by atoms with E-state index in [9.17, 15) is 14.3 Å². The first-order chi connectivity index (χ1) is 8.79. The molecule has 1 N–H and O–H groups in total. The molecule has 0 aliphatic carbocycles. The number of halogens is 2. The summed E-state index contributed by atoms with van der Waals surface area (Å²) in [6.45, 7) is 7.49. The molecule has 2 rings (SSSR count). The van der Waals surface area contributed by atoms with Crippen molar-refractivity contribution in [1.29, 1.82) is 0 Å². The van der Waals surface area contributed by atoms with Crippen molar-refractivity contribution >= 4 is 18.4 Å². The van der Waals surface area contributed by atoms with Gasteiger partial charge in [-0.3, -0.25) is 9.69 Å². The molecule has 2 unspecified atom stereocenters. The lowest BCUT2D eigenvalue weighted by atomic mass is 9.89. The maximum Gasteiger partial charge on any atom is 0.308 e. The van der Waals surface area contributed by atoms with Gasteiger partial charge in [-0.25, -0.2) is 4.39 Å². The second kappa shape index (κ2) is 6.10. The van der Waals surface area contributed by atoms with Gasteiger partial charge in [0.25, 0.3) is 0 Å². The molecule has 5 heteroatoms. The summed E-state index contributed by atoms with van der Waals surface area (Å²) in [6, 6.07) is 6.19. The number of aliphatic carboxylic acids is 1. The van der Waals surface area contributed by atoms with E-state index in [2.05, 4.69) is 25.7 Å². The molecule has 1 fully saturated rings. The lowest BCUT2D eigenvalue weighted by Crippen LogP contribution is -2.40. The van der Waals surface area contributed by atoms with Gasteiger partial charge in [0.2, 0.25) is 0 Å².